The molecule has 0 aromatic carbocycles. The zero-order valence-corrected chi connectivity index (χ0v) is 9.41. The van der Waals surface area contributed by atoms with E-state index in [0.29, 0.717) is 12.1 Å². The zero-order chi connectivity index (χ0) is 11.9. The first-order chi connectivity index (χ1) is 8.36. The van der Waals surface area contributed by atoms with E-state index in [2.05, 4.69) is 10.3 Å². The zero-order valence-electron chi connectivity index (χ0n) is 9.41. The van der Waals surface area contributed by atoms with E-state index in [1.807, 2.05) is 35.2 Å². The summed E-state index contributed by atoms with van der Waals surface area (Å²) in [7, 11) is 0. The number of nitrogens with zero attached hydrogens (tertiary/aromatic N) is 2. The second kappa shape index (κ2) is 5.75. The van der Waals surface area contributed by atoms with E-state index in [-0.39, 0.29) is 5.91 Å². The van der Waals surface area contributed by atoms with E-state index in [1.54, 1.807) is 24.5 Å². The Hall–Kier alpha value is -2.23. The molecule has 4 nitrogen and oxygen atoms in total. The minimum atomic E-state index is -0.0883. The number of hydrogen-bond acceptors (Lipinski definition) is 2. The summed E-state index contributed by atoms with van der Waals surface area (Å²) in [5.41, 5.74) is 0.588. The van der Waals surface area contributed by atoms with Gasteiger partial charge in [-0.1, -0.05) is 6.07 Å². The van der Waals surface area contributed by atoms with Crippen molar-refractivity contribution in [3.8, 4) is 0 Å². The summed E-state index contributed by atoms with van der Waals surface area (Å²) in [5.74, 6) is -0.0883. The van der Waals surface area contributed by atoms with Crippen molar-refractivity contribution in [2.75, 3.05) is 6.54 Å². The summed E-state index contributed by atoms with van der Waals surface area (Å²) in [4.78, 5) is 15.6. The Kier molecular flexibility index (Phi) is 3.81. The smallest absolute Gasteiger partial charge is 0.253 e. The number of rotatable bonds is 4. The van der Waals surface area contributed by atoms with Gasteiger partial charge in [-0.3, -0.25) is 9.78 Å². The highest BCUT2D eigenvalue weighted by Crippen LogP contribution is 1.94. The maximum Gasteiger partial charge on any atom is 0.253 e. The molecule has 0 aliphatic heterocycles. The van der Waals surface area contributed by atoms with Gasteiger partial charge in [0.2, 0.25) is 0 Å². The Labute approximate surface area is 99.9 Å². The Balaban J connectivity index is 1.82. The van der Waals surface area contributed by atoms with Crippen LogP contribution in [0.4, 0.5) is 0 Å². The highest BCUT2D eigenvalue weighted by atomic mass is 16.1. The van der Waals surface area contributed by atoms with Crippen molar-refractivity contribution in [3.05, 3.63) is 60.7 Å². The summed E-state index contributed by atoms with van der Waals surface area (Å²) >= 11 is 0. The minimum absolute atomic E-state index is 0.0883. The predicted molar refractivity (Wildman–Crippen MR) is 63.2 cm³/mol. The highest BCUT2D eigenvalue weighted by molar-refractivity contribution is 5.93. The standard InChI is InChI=1S/C13H13N3O/c17-13(12-5-4-6-14-11-12)15-7-10-16-8-2-1-3-9-16/h1-6,8-9,11H,7,10H2/p+1. The molecule has 0 unspecified atom stereocenters. The average molecular weight is 228 g/mol. The Morgan fingerprint density at radius 3 is 2.76 bits per heavy atom. The third-order valence-corrected chi connectivity index (χ3v) is 2.36. The summed E-state index contributed by atoms with van der Waals surface area (Å²) < 4.78 is 2.02. The Bertz CT molecular complexity index is 471. The van der Waals surface area contributed by atoms with Gasteiger partial charge >= 0.3 is 0 Å². The summed E-state index contributed by atoms with van der Waals surface area (Å²) in [6, 6.07) is 9.38. The van der Waals surface area contributed by atoms with E-state index in [4.69, 9.17) is 0 Å². The van der Waals surface area contributed by atoms with Crippen molar-refractivity contribution in [1.29, 1.82) is 0 Å². The van der Waals surface area contributed by atoms with Gasteiger partial charge in [-0.05, 0) is 12.1 Å². The fourth-order valence-electron chi connectivity index (χ4n) is 1.48. The monoisotopic (exact) mass is 228 g/mol. The third kappa shape index (κ3) is 3.38. The van der Waals surface area contributed by atoms with Crippen LogP contribution in [-0.4, -0.2) is 17.4 Å². The molecule has 2 rings (SSSR count). The van der Waals surface area contributed by atoms with Crippen LogP contribution in [0.2, 0.25) is 0 Å². The SMILES string of the molecule is O=C(NCC[n+]1ccccc1)c1cccnc1. The molecule has 0 spiro atoms. The molecule has 86 valence electrons. The summed E-state index contributed by atoms with van der Waals surface area (Å²) in [6.45, 7) is 1.36. The third-order valence-electron chi connectivity index (χ3n) is 2.36. The quantitative estimate of drug-likeness (QED) is 0.787. The largest absolute Gasteiger partial charge is 0.346 e. The van der Waals surface area contributed by atoms with Gasteiger partial charge in [0.05, 0.1) is 12.1 Å². The molecule has 0 saturated heterocycles. The van der Waals surface area contributed by atoms with Crippen molar-refractivity contribution in [2.24, 2.45) is 0 Å². The van der Waals surface area contributed by atoms with E-state index in [1.165, 1.54) is 0 Å². The Morgan fingerprint density at radius 2 is 2.06 bits per heavy atom. The first kappa shape index (κ1) is 11.3. The molecule has 0 saturated carbocycles. The maximum atomic E-state index is 11.7. The number of pyridine rings is 2. The van der Waals surface area contributed by atoms with Crippen LogP contribution in [0.5, 0.6) is 0 Å². The molecule has 2 aromatic rings. The van der Waals surface area contributed by atoms with Crippen molar-refractivity contribution >= 4 is 5.91 Å². The van der Waals surface area contributed by atoms with Gasteiger partial charge in [0, 0.05) is 24.5 Å². The molecule has 1 amide bonds. The summed E-state index contributed by atoms with van der Waals surface area (Å²) in [6.07, 6.45) is 7.15. The maximum absolute atomic E-state index is 11.7. The minimum Gasteiger partial charge on any atom is -0.346 e. The fraction of sp³-hybridized carbons (Fsp3) is 0.154. The fourth-order valence-corrected chi connectivity index (χ4v) is 1.48. The molecule has 0 aliphatic rings. The van der Waals surface area contributed by atoms with Gasteiger partial charge in [0.15, 0.2) is 18.9 Å². The molecule has 2 aromatic heterocycles. The van der Waals surface area contributed by atoms with Crippen LogP contribution >= 0.6 is 0 Å². The molecule has 0 aliphatic carbocycles. The molecule has 1 N–H and O–H groups in total. The number of aromatic nitrogens is 2. The van der Waals surface area contributed by atoms with Gasteiger partial charge in [0.1, 0.15) is 0 Å². The molecule has 0 bridgehead atoms. The molecular formula is C13H14N3O+. The second-order valence-corrected chi connectivity index (χ2v) is 3.61. The van der Waals surface area contributed by atoms with Crippen LogP contribution in [0.15, 0.2) is 55.1 Å². The van der Waals surface area contributed by atoms with Crippen molar-refractivity contribution < 1.29 is 9.36 Å². The first-order valence-electron chi connectivity index (χ1n) is 5.48. The van der Waals surface area contributed by atoms with Crippen LogP contribution in [0, 0.1) is 0 Å². The molecule has 2 heterocycles. The van der Waals surface area contributed by atoms with E-state index < -0.39 is 0 Å². The Morgan fingerprint density at radius 1 is 1.24 bits per heavy atom. The number of nitrogens with one attached hydrogen (secondary N) is 1. The number of hydrogen-bond donors (Lipinski definition) is 1. The molecule has 0 fully saturated rings. The lowest BCUT2D eigenvalue weighted by molar-refractivity contribution is -0.694. The van der Waals surface area contributed by atoms with Gasteiger partial charge in [-0.25, -0.2) is 4.57 Å². The van der Waals surface area contributed by atoms with E-state index >= 15 is 0 Å². The predicted octanol–water partition coefficient (Wildman–Crippen LogP) is 0.799. The van der Waals surface area contributed by atoms with Gasteiger partial charge in [-0.15, -0.1) is 0 Å². The lowest BCUT2D eigenvalue weighted by atomic mass is 10.3. The first-order valence-corrected chi connectivity index (χ1v) is 5.48. The lowest BCUT2D eigenvalue weighted by Gasteiger charge is -2.02. The van der Waals surface area contributed by atoms with Gasteiger partial charge < -0.3 is 5.32 Å². The van der Waals surface area contributed by atoms with E-state index in [0.717, 1.165) is 6.54 Å². The van der Waals surface area contributed by atoms with Gasteiger partial charge in [-0.2, -0.15) is 0 Å². The number of carbonyl (C=O) groups excluding carboxylic acids is 1. The van der Waals surface area contributed by atoms with Crippen LogP contribution in [0.25, 0.3) is 0 Å². The average Bonchev–Trinajstić information content (AvgIpc) is 2.41. The van der Waals surface area contributed by atoms with Crippen LogP contribution in [-0.2, 0) is 6.54 Å². The van der Waals surface area contributed by atoms with Crippen LogP contribution < -0.4 is 9.88 Å². The van der Waals surface area contributed by atoms with Crippen molar-refractivity contribution in [1.82, 2.24) is 10.3 Å². The van der Waals surface area contributed by atoms with Crippen molar-refractivity contribution in [3.63, 3.8) is 0 Å². The molecule has 17 heavy (non-hydrogen) atoms. The summed E-state index contributed by atoms with van der Waals surface area (Å²) in [5, 5.41) is 2.85. The molecular weight excluding hydrogens is 214 g/mol. The topological polar surface area (TPSA) is 45.9 Å². The van der Waals surface area contributed by atoms with Crippen LogP contribution in [0.3, 0.4) is 0 Å². The molecule has 4 heteroatoms. The molecule has 0 radical (unpaired) electrons. The van der Waals surface area contributed by atoms with Crippen molar-refractivity contribution in [2.45, 2.75) is 6.54 Å². The number of amides is 1. The second-order valence-electron chi connectivity index (χ2n) is 3.61. The molecule has 0 atom stereocenters. The van der Waals surface area contributed by atoms with E-state index in [9.17, 15) is 4.79 Å². The van der Waals surface area contributed by atoms with Crippen LogP contribution in [0.1, 0.15) is 10.4 Å². The normalized spacial score (nSPS) is 9.88. The highest BCUT2D eigenvalue weighted by Gasteiger charge is 2.05. The van der Waals surface area contributed by atoms with Gasteiger partial charge in [0.25, 0.3) is 5.91 Å². The lowest BCUT2D eigenvalue weighted by Crippen LogP contribution is -2.39. The number of carbonyl (C=O) groups is 1.